The predicted octanol–water partition coefficient (Wildman–Crippen LogP) is 4.94. The summed E-state index contributed by atoms with van der Waals surface area (Å²) >= 11 is 0. The summed E-state index contributed by atoms with van der Waals surface area (Å²) in [5.41, 5.74) is 14.9. The maximum absolute atomic E-state index is 8.58. The lowest BCUT2D eigenvalue weighted by molar-refractivity contribution is -0.106. The highest BCUT2D eigenvalue weighted by Crippen LogP contribution is 2.34. The number of anilines is 1. The van der Waals surface area contributed by atoms with E-state index in [1.165, 1.54) is 5.01 Å². The lowest BCUT2D eigenvalue weighted by Crippen LogP contribution is -2.14. The van der Waals surface area contributed by atoms with Gasteiger partial charge in [-0.25, -0.2) is 5.01 Å². The van der Waals surface area contributed by atoms with E-state index in [0.29, 0.717) is 17.2 Å². The molecule has 0 saturated carbocycles. The highest BCUT2D eigenvalue weighted by atomic mass is 16.5. The molecule has 0 aliphatic rings. The highest BCUT2D eigenvalue weighted by Gasteiger charge is 2.15. The molecule has 1 aromatic heterocycles. The standard InChI is InChI=1S/C22H26N4O2.CH3NO/c1-6-9-19(25-12-7-8-13-25)15-17(2)14-18(3)26(24-23)21-16-20(27-4)10-11-22(21)28-5;2-1-3/h6-16,23H,2H2,1,3-5H3;1H,(H2,2,3)/b9-6-,18-14+,19-15+,24-23?;. The van der Waals surface area contributed by atoms with Gasteiger partial charge in [-0.2, -0.15) is 5.53 Å². The summed E-state index contributed by atoms with van der Waals surface area (Å²) in [5.74, 6) is 1.24. The molecule has 1 amide bonds. The number of rotatable bonds is 9. The zero-order valence-electron chi connectivity index (χ0n) is 18.3. The smallest absolute Gasteiger partial charge is 0.204 e. The van der Waals surface area contributed by atoms with Gasteiger partial charge in [0, 0.05) is 29.9 Å². The van der Waals surface area contributed by atoms with E-state index in [1.54, 1.807) is 32.4 Å². The minimum atomic E-state index is 0.250. The van der Waals surface area contributed by atoms with E-state index >= 15 is 0 Å². The van der Waals surface area contributed by atoms with Crippen LogP contribution in [0.1, 0.15) is 13.8 Å². The fourth-order valence-electron chi connectivity index (χ4n) is 2.73. The largest absolute Gasteiger partial charge is 0.497 e. The van der Waals surface area contributed by atoms with E-state index in [-0.39, 0.29) is 6.41 Å². The number of carbonyl (C=O) groups is 1. The molecule has 0 bridgehead atoms. The van der Waals surface area contributed by atoms with Crippen molar-refractivity contribution in [2.24, 2.45) is 11.0 Å². The molecule has 1 heterocycles. The average molecular weight is 424 g/mol. The number of nitrogens with zero attached hydrogens (tertiary/aromatic N) is 3. The number of primary amides is 1. The lowest BCUT2D eigenvalue weighted by Gasteiger charge is -2.21. The third kappa shape index (κ3) is 7.36. The van der Waals surface area contributed by atoms with Crippen LogP contribution in [0.4, 0.5) is 5.69 Å². The highest BCUT2D eigenvalue weighted by molar-refractivity contribution is 5.66. The van der Waals surface area contributed by atoms with Crippen LogP contribution in [0.2, 0.25) is 0 Å². The number of hydrogen-bond acceptors (Lipinski definition) is 5. The van der Waals surface area contributed by atoms with Crippen molar-refractivity contribution in [3.63, 3.8) is 0 Å². The van der Waals surface area contributed by atoms with Crippen molar-refractivity contribution in [2.75, 3.05) is 19.2 Å². The first-order valence-electron chi connectivity index (χ1n) is 9.35. The predicted molar refractivity (Wildman–Crippen MR) is 124 cm³/mol. The van der Waals surface area contributed by atoms with Crippen LogP contribution in [0.3, 0.4) is 0 Å². The molecule has 164 valence electrons. The van der Waals surface area contributed by atoms with Gasteiger partial charge in [0.2, 0.25) is 6.41 Å². The summed E-state index contributed by atoms with van der Waals surface area (Å²) in [7, 11) is 3.17. The van der Waals surface area contributed by atoms with Crippen molar-refractivity contribution in [3.05, 3.63) is 84.9 Å². The Hall–Kier alpha value is -4.07. The molecular formula is C23H29N5O3. The molecular weight excluding hydrogens is 394 g/mol. The van der Waals surface area contributed by atoms with Gasteiger partial charge in [0.1, 0.15) is 17.2 Å². The number of allylic oxidation sites excluding steroid dienone is 7. The third-order valence-corrected chi connectivity index (χ3v) is 4.02. The Morgan fingerprint density at radius 3 is 2.39 bits per heavy atom. The van der Waals surface area contributed by atoms with E-state index in [9.17, 15) is 0 Å². The first-order chi connectivity index (χ1) is 14.9. The van der Waals surface area contributed by atoms with Gasteiger partial charge in [-0.3, -0.25) is 4.79 Å². The Balaban J connectivity index is 0.00000151. The molecule has 1 aromatic carbocycles. The number of ether oxygens (including phenoxy) is 2. The van der Waals surface area contributed by atoms with Gasteiger partial charge in [0.25, 0.3) is 0 Å². The van der Waals surface area contributed by atoms with Crippen LogP contribution in [-0.4, -0.2) is 25.2 Å². The molecule has 31 heavy (non-hydrogen) atoms. The monoisotopic (exact) mass is 423 g/mol. The van der Waals surface area contributed by atoms with Crippen LogP contribution >= 0.6 is 0 Å². The molecule has 0 fully saturated rings. The van der Waals surface area contributed by atoms with E-state index < -0.39 is 0 Å². The number of methoxy groups -OCH3 is 2. The van der Waals surface area contributed by atoms with Crippen LogP contribution < -0.4 is 20.2 Å². The van der Waals surface area contributed by atoms with Gasteiger partial charge in [-0.15, -0.1) is 0 Å². The second-order valence-corrected chi connectivity index (χ2v) is 6.11. The SMILES string of the molecule is C=C(/C=C(\C)N(N=N)c1cc(OC)ccc1OC)/C=C(\C=C/C)n1cccc1.NC=O. The van der Waals surface area contributed by atoms with Gasteiger partial charge in [-0.1, -0.05) is 17.9 Å². The second-order valence-electron chi connectivity index (χ2n) is 6.11. The van der Waals surface area contributed by atoms with Crippen LogP contribution in [-0.2, 0) is 4.79 Å². The second kappa shape index (κ2) is 13.2. The maximum Gasteiger partial charge on any atom is 0.204 e. The van der Waals surface area contributed by atoms with E-state index in [4.69, 9.17) is 19.8 Å². The molecule has 0 spiro atoms. The first-order valence-corrected chi connectivity index (χ1v) is 9.35. The quantitative estimate of drug-likeness (QED) is 0.258. The number of aromatic nitrogens is 1. The molecule has 0 saturated heterocycles. The molecule has 0 unspecified atom stereocenters. The average Bonchev–Trinajstić information content (AvgIpc) is 3.29. The molecule has 0 radical (unpaired) electrons. The number of nitrogens with two attached hydrogens (primary N) is 1. The van der Waals surface area contributed by atoms with Crippen LogP contribution in [0.15, 0.2) is 90.1 Å². The van der Waals surface area contributed by atoms with Crippen molar-refractivity contribution in [1.29, 1.82) is 5.53 Å². The van der Waals surface area contributed by atoms with E-state index in [1.807, 2.05) is 67.2 Å². The molecule has 0 aliphatic carbocycles. The number of benzene rings is 1. The van der Waals surface area contributed by atoms with Gasteiger partial charge in [-0.05, 0) is 61.9 Å². The Morgan fingerprint density at radius 1 is 1.23 bits per heavy atom. The Bertz CT molecular complexity index is 960. The summed E-state index contributed by atoms with van der Waals surface area (Å²) in [6, 6.07) is 9.29. The van der Waals surface area contributed by atoms with Crippen molar-refractivity contribution in [2.45, 2.75) is 13.8 Å². The molecule has 0 aliphatic heterocycles. The molecule has 0 atom stereocenters. The Morgan fingerprint density at radius 2 is 1.87 bits per heavy atom. The van der Waals surface area contributed by atoms with Crippen molar-refractivity contribution < 1.29 is 14.3 Å². The first kappa shape index (κ1) is 25.0. The summed E-state index contributed by atoms with van der Waals surface area (Å²) in [5, 5.41) is 5.14. The van der Waals surface area contributed by atoms with Gasteiger partial charge >= 0.3 is 0 Å². The fraction of sp³-hybridized carbons (Fsp3) is 0.174. The Kier molecular flexibility index (Phi) is 10.6. The fourth-order valence-corrected chi connectivity index (χ4v) is 2.73. The van der Waals surface area contributed by atoms with E-state index in [0.717, 1.165) is 17.0 Å². The zero-order chi connectivity index (χ0) is 23.2. The van der Waals surface area contributed by atoms with Gasteiger partial charge < -0.3 is 19.8 Å². The summed E-state index contributed by atoms with van der Waals surface area (Å²) in [6.07, 6.45) is 12.0. The Labute approximate surface area is 183 Å². The molecule has 2 aromatic rings. The maximum atomic E-state index is 8.58. The zero-order valence-corrected chi connectivity index (χ0v) is 18.3. The van der Waals surface area contributed by atoms with Crippen molar-refractivity contribution >= 4 is 17.8 Å². The minimum Gasteiger partial charge on any atom is -0.497 e. The van der Waals surface area contributed by atoms with Crippen LogP contribution in [0.25, 0.3) is 5.70 Å². The summed E-state index contributed by atoms with van der Waals surface area (Å²) in [4.78, 5) is 8.58. The van der Waals surface area contributed by atoms with Gasteiger partial charge in [0.15, 0.2) is 0 Å². The number of nitrogens with one attached hydrogen (secondary N) is 1. The minimum absolute atomic E-state index is 0.250. The van der Waals surface area contributed by atoms with Crippen LogP contribution in [0.5, 0.6) is 11.5 Å². The molecule has 3 N–H and O–H groups in total. The third-order valence-electron chi connectivity index (χ3n) is 4.02. The normalized spacial score (nSPS) is 11.4. The van der Waals surface area contributed by atoms with Crippen molar-refractivity contribution in [1.82, 2.24) is 4.57 Å². The summed E-state index contributed by atoms with van der Waals surface area (Å²) < 4.78 is 12.7. The van der Waals surface area contributed by atoms with Gasteiger partial charge in [0.05, 0.1) is 14.2 Å². The number of amides is 1. The molecule has 8 heteroatoms. The summed E-state index contributed by atoms with van der Waals surface area (Å²) in [6.45, 7) is 7.96. The van der Waals surface area contributed by atoms with Crippen molar-refractivity contribution in [3.8, 4) is 11.5 Å². The number of hydrogen-bond donors (Lipinski definition) is 2. The molecule has 8 nitrogen and oxygen atoms in total. The van der Waals surface area contributed by atoms with E-state index in [2.05, 4.69) is 17.5 Å². The topological polar surface area (TPSA) is 106 Å². The molecule has 2 rings (SSSR count). The van der Waals surface area contributed by atoms with Crippen LogP contribution in [0, 0.1) is 5.53 Å². The lowest BCUT2D eigenvalue weighted by atomic mass is 10.2. The number of carbonyl (C=O) groups excluding carboxylic acids is 1.